The van der Waals surface area contributed by atoms with E-state index in [0.717, 1.165) is 20.8 Å². The lowest BCUT2D eigenvalue weighted by Gasteiger charge is -2.02. The van der Waals surface area contributed by atoms with Gasteiger partial charge in [0, 0.05) is 12.1 Å². The maximum atomic E-state index is 10.8. The Kier molecular flexibility index (Phi) is 3.94. The Morgan fingerprint density at radius 3 is 2.78 bits per heavy atom. The Bertz CT molecular complexity index is 918. The summed E-state index contributed by atoms with van der Waals surface area (Å²) in [4.78, 5) is 14.8. The molecule has 0 aliphatic heterocycles. The normalized spacial score (nSPS) is 11.2. The number of thiazole rings is 1. The number of benzene rings is 2. The summed E-state index contributed by atoms with van der Waals surface area (Å²) in [5.41, 5.74) is 1.57. The zero-order chi connectivity index (χ0) is 16.4. The van der Waals surface area contributed by atoms with Crippen molar-refractivity contribution in [2.75, 3.05) is 7.11 Å². The molecule has 0 saturated carbocycles. The molecule has 23 heavy (non-hydrogen) atoms. The Morgan fingerprint density at radius 2 is 2.09 bits per heavy atom. The van der Waals surface area contributed by atoms with E-state index >= 15 is 0 Å². The van der Waals surface area contributed by atoms with Crippen LogP contribution in [0.25, 0.3) is 22.4 Å². The standard InChI is InChI=1S/C16H12N2O4S/c1-22-14-6-2-10(8-13(14)19)3-7-16-17-12-5-4-11(18(20)21)9-15(12)23-16/h2-9,19H,1H3. The first kappa shape index (κ1) is 15.0. The van der Waals surface area contributed by atoms with E-state index in [4.69, 9.17) is 4.74 Å². The second-order valence-electron chi connectivity index (χ2n) is 4.73. The van der Waals surface area contributed by atoms with E-state index in [1.807, 2.05) is 12.1 Å². The van der Waals surface area contributed by atoms with Crippen molar-refractivity contribution < 1.29 is 14.8 Å². The molecule has 7 heteroatoms. The third kappa shape index (κ3) is 3.14. The number of non-ortho nitro benzene ring substituents is 1. The number of nitro benzene ring substituents is 1. The fourth-order valence-corrected chi connectivity index (χ4v) is 3.00. The van der Waals surface area contributed by atoms with Gasteiger partial charge in [0.05, 0.1) is 22.2 Å². The quantitative estimate of drug-likeness (QED) is 0.576. The van der Waals surface area contributed by atoms with Crippen molar-refractivity contribution in [3.8, 4) is 11.5 Å². The summed E-state index contributed by atoms with van der Waals surface area (Å²) < 4.78 is 5.75. The van der Waals surface area contributed by atoms with Gasteiger partial charge >= 0.3 is 0 Å². The highest BCUT2D eigenvalue weighted by Gasteiger charge is 2.09. The summed E-state index contributed by atoms with van der Waals surface area (Å²) in [6.07, 6.45) is 3.61. The smallest absolute Gasteiger partial charge is 0.270 e. The molecule has 0 radical (unpaired) electrons. The van der Waals surface area contributed by atoms with Crippen molar-refractivity contribution in [1.29, 1.82) is 0 Å². The Morgan fingerprint density at radius 1 is 1.26 bits per heavy atom. The van der Waals surface area contributed by atoms with E-state index in [1.54, 1.807) is 24.3 Å². The minimum absolute atomic E-state index is 0.0526. The molecule has 0 amide bonds. The number of hydrogen-bond donors (Lipinski definition) is 1. The van der Waals surface area contributed by atoms with Gasteiger partial charge in [0.15, 0.2) is 11.5 Å². The second-order valence-corrected chi connectivity index (χ2v) is 5.79. The van der Waals surface area contributed by atoms with Crippen molar-refractivity contribution in [2.24, 2.45) is 0 Å². The van der Waals surface area contributed by atoms with Crippen LogP contribution in [0, 0.1) is 10.1 Å². The third-order valence-corrected chi connectivity index (χ3v) is 4.20. The van der Waals surface area contributed by atoms with Crippen LogP contribution in [-0.2, 0) is 0 Å². The number of phenolic OH excluding ortho intramolecular Hbond substituents is 1. The van der Waals surface area contributed by atoms with E-state index in [2.05, 4.69) is 4.98 Å². The summed E-state index contributed by atoms with van der Waals surface area (Å²) in [5.74, 6) is 0.476. The van der Waals surface area contributed by atoms with E-state index < -0.39 is 4.92 Å². The van der Waals surface area contributed by atoms with Gasteiger partial charge in [-0.05, 0) is 29.8 Å². The lowest BCUT2D eigenvalue weighted by molar-refractivity contribution is -0.384. The first-order valence-corrected chi connectivity index (χ1v) is 7.48. The van der Waals surface area contributed by atoms with Crippen LogP contribution < -0.4 is 4.74 Å². The molecule has 1 heterocycles. The van der Waals surface area contributed by atoms with Crippen LogP contribution >= 0.6 is 11.3 Å². The molecule has 0 atom stereocenters. The van der Waals surface area contributed by atoms with Gasteiger partial charge in [0.1, 0.15) is 5.01 Å². The topological polar surface area (TPSA) is 85.5 Å². The summed E-state index contributed by atoms with van der Waals surface area (Å²) in [6, 6.07) is 9.68. The number of aromatic hydroxyl groups is 1. The molecular weight excluding hydrogens is 316 g/mol. The predicted molar refractivity (Wildman–Crippen MR) is 89.9 cm³/mol. The van der Waals surface area contributed by atoms with Gasteiger partial charge in [0.25, 0.3) is 5.69 Å². The molecule has 0 bridgehead atoms. The average molecular weight is 328 g/mol. The number of phenols is 1. The second kappa shape index (κ2) is 6.05. The van der Waals surface area contributed by atoms with Crippen molar-refractivity contribution in [2.45, 2.75) is 0 Å². The molecule has 6 nitrogen and oxygen atoms in total. The van der Waals surface area contributed by atoms with E-state index in [9.17, 15) is 15.2 Å². The summed E-state index contributed by atoms with van der Waals surface area (Å²) >= 11 is 1.37. The fraction of sp³-hybridized carbons (Fsp3) is 0.0625. The highest BCUT2D eigenvalue weighted by molar-refractivity contribution is 7.19. The van der Waals surface area contributed by atoms with E-state index in [0.29, 0.717) is 5.75 Å². The Hall–Kier alpha value is -2.93. The zero-order valence-electron chi connectivity index (χ0n) is 12.1. The number of nitro groups is 1. The number of methoxy groups -OCH3 is 1. The van der Waals surface area contributed by atoms with Gasteiger partial charge in [-0.3, -0.25) is 10.1 Å². The molecule has 0 saturated heterocycles. The summed E-state index contributed by atoms with van der Waals surface area (Å²) in [7, 11) is 1.49. The monoisotopic (exact) mass is 328 g/mol. The maximum absolute atomic E-state index is 10.8. The van der Waals surface area contributed by atoms with Crippen LogP contribution in [0.4, 0.5) is 5.69 Å². The van der Waals surface area contributed by atoms with Gasteiger partial charge in [-0.15, -0.1) is 11.3 Å². The van der Waals surface area contributed by atoms with Gasteiger partial charge in [-0.25, -0.2) is 4.98 Å². The van der Waals surface area contributed by atoms with E-state index in [-0.39, 0.29) is 11.4 Å². The highest BCUT2D eigenvalue weighted by Crippen LogP contribution is 2.29. The largest absolute Gasteiger partial charge is 0.504 e. The minimum Gasteiger partial charge on any atom is -0.504 e. The Balaban J connectivity index is 1.88. The molecule has 0 aliphatic carbocycles. The average Bonchev–Trinajstić information content (AvgIpc) is 2.95. The number of fused-ring (bicyclic) bond motifs is 1. The number of nitrogens with zero attached hydrogens (tertiary/aromatic N) is 2. The van der Waals surface area contributed by atoms with Gasteiger partial charge in [-0.1, -0.05) is 12.1 Å². The molecule has 1 aromatic heterocycles. The van der Waals surface area contributed by atoms with E-state index in [1.165, 1.54) is 30.6 Å². The molecule has 0 spiro atoms. The van der Waals surface area contributed by atoms with Gasteiger partial charge in [0.2, 0.25) is 0 Å². The summed E-state index contributed by atoms with van der Waals surface area (Å²) in [6.45, 7) is 0. The zero-order valence-corrected chi connectivity index (χ0v) is 12.9. The first-order valence-electron chi connectivity index (χ1n) is 6.67. The lowest BCUT2D eigenvalue weighted by Crippen LogP contribution is -1.85. The lowest BCUT2D eigenvalue weighted by atomic mass is 10.2. The van der Waals surface area contributed by atoms with Crippen LogP contribution in [0.1, 0.15) is 10.6 Å². The third-order valence-electron chi connectivity index (χ3n) is 3.22. The molecule has 0 unspecified atom stereocenters. The highest BCUT2D eigenvalue weighted by atomic mass is 32.1. The molecule has 116 valence electrons. The van der Waals surface area contributed by atoms with Crippen molar-refractivity contribution >= 4 is 39.4 Å². The number of ether oxygens (including phenoxy) is 1. The van der Waals surface area contributed by atoms with Crippen molar-refractivity contribution in [3.05, 3.63) is 57.1 Å². The van der Waals surface area contributed by atoms with Crippen LogP contribution in [0.5, 0.6) is 11.5 Å². The van der Waals surface area contributed by atoms with Crippen LogP contribution in [0.15, 0.2) is 36.4 Å². The fourth-order valence-electron chi connectivity index (χ4n) is 2.09. The molecule has 0 aliphatic rings. The minimum atomic E-state index is -0.422. The van der Waals surface area contributed by atoms with Crippen molar-refractivity contribution in [3.63, 3.8) is 0 Å². The number of aromatic nitrogens is 1. The predicted octanol–water partition coefficient (Wildman–Crippen LogP) is 4.09. The maximum Gasteiger partial charge on any atom is 0.270 e. The molecule has 2 aromatic carbocycles. The Labute approximate surface area is 135 Å². The van der Waals surface area contributed by atoms with Gasteiger partial charge < -0.3 is 9.84 Å². The van der Waals surface area contributed by atoms with Crippen LogP contribution in [0.2, 0.25) is 0 Å². The van der Waals surface area contributed by atoms with Gasteiger partial charge in [-0.2, -0.15) is 0 Å². The summed E-state index contributed by atoms with van der Waals surface area (Å²) in [5, 5.41) is 21.3. The molecule has 3 rings (SSSR count). The molecule has 3 aromatic rings. The van der Waals surface area contributed by atoms with Crippen molar-refractivity contribution in [1.82, 2.24) is 4.98 Å². The van der Waals surface area contributed by atoms with Crippen LogP contribution in [0.3, 0.4) is 0 Å². The number of rotatable bonds is 4. The number of hydrogen-bond acceptors (Lipinski definition) is 6. The van der Waals surface area contributed by atoms with Crippen LogP contribution in [-0.4, -0.2) is 22.1 Å². The molecule has 0 fully saturated rings. The molecular formula is C16H12N2O4S. The first-order chi connectivity index (χ1) is 11.1. The molecule has 1 N–H and O–H groups in total. The SMILES string of the molecule is COc1ccc(C=Cc2nc3ccc([N+](=O)[O-])cc3s2)cc1O.